The minimum atomic E-state index is -0.732. The Bertz CT molecular complexity index is 642. The van der Waals surface area contributed by atoms with Crippen LogP contribution < -0.4 is 4.74 Å². The van der Waals surface area contributed by atoms with Gasteiger partial charge in [-0.15, -0.1) is 0 Å². The molecule has 1 atom stereocenters. The summed E-state index contributed by atoms with van der Waals surface area (Å²) >= 11 is 3.46. The van der Waals surface area contributed by atoms with Crippen LogP contribution in [0.4, 0.5) is 0 Å². The van der Waals surface area contributed by atoms with Gasteiger partial charge in [-0.05, 0) is 39.2 Å². The van der Waals surface area contributed by atoms with Crippen LogP contribution in [0.5, 0.6) is 5.75 Å². The Morgan fingerprint density at radius 3 is 3.19 bits per heavy atom. The highest BCUT2D eigenvalue weighted by Gasteiger charge is 2.22. The van der Waals surface area contributed by atoms with Gasteiger partial charge in [0, 0.05) is 13.5 Å². The highest BCUT2D eigenvalue weighted by atomic mass is 79.9. The Balaban J connectivity index is 1.91. The molecule has 2 aromatic rings. The Labute approximate surface area is 131 Å². The first kappa shape index (κ1) is 14.6. The van der Waals surface area contributed by atoms with Gasteiger partial charge in [-0.3, -0.25) is 4.68 Å². The Morgan fingerprint density at radius 2 is 2.38 bits per heavy atom. The molecule has 112 valence electrons. The van der Waals surface area contributed by atoms with Crippen molar-refractivity contribution in [3.8, 4) is 5.75 Å². The van der Waals surface area contributed by atoms with Crippen LogP contribution in [0.25, 0.3) is 0 Å². The fourth-order valence-corrected chi connectivity index (χ4v) is 3.05. The molecule has 2 heterocycles. The Kier molecular flexibility index (Phi) is 4.28. The van der Waals surface area contributed by atoms with E-state index in [0.717, 1.165) is 33.5 Å². The fraction of sp³-hybridized carbons (Fsp3) is 0.400. The maximum atomic E-state index is 10.7. The molecule has 3 rings (SSSR count). The van der Waals surface area contributed by atoms with Crippen LogP contribution >= 0.6 is 15.9 Å². The van der Waals surface area contributed by atoms with E-state index in [0.29, 0.717) is 19.8 Å². The summed E-state index contributed by atoms with van der Waals surface area (Å²) in [5, 5.41) is 15.0. The average Bonchev–Trinajstić information content (AvgIpc) is 3.10. The molecule has 0 spiro atoms. The van der Waals surface area contributed by atoms with E-state index in [2.05, 4.69) is 21.0 Å². The summed E-state index contributed by atoms with van der Waals surface area (Å²) in [4.78, 5) is 0. The highest BCUT2D eigenvalue weighted by molar-refractivity contribution is 9.10. The molecule has 1 N–H and O–H groups in total. The molecule has 0 bridgehead atoms. The van der Waals surface area contributed by atoms with Gasteiger partial charge < -0.3 is 14.6 Å². The minimum absolute atomic E-state index is 0.547. The van der Waals surface area contributed by atoms with Gasteiger partial charge >= 0.3 is 0 Å². The van der Waals surface area contributed by atoms with E-state index in [1.807, 2.05) is 18.2 Å². The third-order valence-corrected chi connectivity index (χ3v) is 4.24. The number of nitrogens with zero attached hydrogens (tertiary/aromatic N) is 2. The van der Waals surface area contributed by atoms with E-state index in [4.69, 9.17) is 9.47 Å². The predicted octanol–water partition coefficient (Wildman–Crippen LogP) is 2.31. The zero-order valence-corrected chi connectivity index (χ0v) is 13.3. The zero-order valence-electron chi connectivity index (χ0n) is 11.8. The van der Waals surface area contributed by atoms with Gasteiger partial charge in [0.15, 0.2) is 0 Å². The lowest BCUT2D eigenvalue weighted by Gasteiger charge is -2.15. The molecule has 1 unspecified atom stereocenters. The third kappa shape index (κ3) is 2.84. The van der Waals surface area contributed by atoms with Crippen LogP contribution in [0, 0.1) is 0 Å². The number of hydrogen-bond acceptors (Lipinski definition) is 4. The van der Waals surface area contributed by atoms with Gasteiger partial charge in [0.1, 0.15) is 11.9 Å². The number of ether oxygens (including phenoxy) is 2. The van der Waals surface area contributed by atoms with Crippen LogP contribution in [-0.4, -0.2) is 35.2 Å². The van der Waals surface area contributed by atoms with E-state index in [1.54, 1.807) is 18.0 Å². The second kappa shape index (κ2) is 6.17. The van der Waals surface area contributed by atoms with Crippen molar-refractivity contribution in [2.24, 2.45) is 0 Å². The summed E-state index contributed by atoms with van der Waals surface area (Å²) in [5.74, 6) is 0.915. The lowest BCUT2D eigenvalue weighted by molar-refractivity contribution is 0.171. The number of benzene rings is 1. The zero-order chi connectivity index (χ0) is 14.8. The Morgan fingerprint density at radius 1 is 1.52 bits per heavy atom. The average molecular weight is 353 g/mol. The van der Waals surface area contributed by atoms with Crippen molar-refractivity contribution in [1.82, 2.24) is 9.78 Å². The van der Waals surface area contributed by atoms with Gasteiger partial charge in [0.05, 0.1) is 36.1 Å². The van der Waals surface area contributed by atoms with E-state index >= 15 is 0 Å². The number of fused-ring (bicyclic) bond motifs is 1. The van der Waals surface area contributed by atoms with E-state index in [-0.39, 0.29) is 0 Å². The molecule has 5 nitrogen and oxygen atoms in total. The summed E-state index contributed by atoms with van der Waals surface area (Å²) < 4.78 is 13.1. The fourth-order valence-electron chi connectivity index (χ4n) is 2.53. The molecule has 21 heavy (non-hydrogen) atoms. The summed E-state index contributed by atoms with van der Waals surface area (Å²) in [5.41, 5.74) is 2.73. The summed E-state index contributed by atoms with van der Waals surface area (Å²) in [6.45, 7) is 1.86. The highest BCUT2D eigenvalue weighted by Crippen LogP contribution is 2.33. The second-order valence-corrected chi connectivity index (χ2v) is 5.82. The summed E-state index contributed by atoms with van der Waals surface area (Å²) in [6.07, 6.45) is 1.86. The molecule has 1 aliphatic heterocycles. The van der Waals surface area contributed by atoms with Crippen molar-refractivity contribution in [2.75, 3.05) is 20.3 Å². The molecule has 1 aromatic carbocycles. The van der Waals surface area contributed by atoms with Crippen LogP contribution in [0.15, 0.2) is 28.9 Å². The molecule has 0 amide bonds. The topological polar surface area (TPSA) is 56.5 Å². The van der Waals surface area contributed by atoms with Crippen molar-refractivity contribution < 1.29 is 14.6 Å². The van der Waals surface area contributed by atoms with E-state index in [1.165, 1.54) is 0 Å². The van der Waals surface area contributed by atoms with Gasteiger partial charge in [0.25, 0.3) is 0 Å². The van der Waals surface area contributed by atoms with Gasteiger partial charge in [-0.25, -0.2) is 0 Å². The van der Waals surface area contributed by atoms with Gasteiger partial charge in [0.2, 0.25) is 0 Å². The molecule has 0 saturated heterocycles. The molecule has 0 aliphatic carbocycles. The maximum Gasteiger partial charge on any atom is 0.122 e. The van der Waals surface area contributed by atoms with Crippen molar-refractivity contribution in [2.45, 2.75) is 19.1 Å². The molecule has 6 heteroatoms. The van der Waals surface area contributed by atoms with Gasteiger partial charge in [-0.1, -0.05) is 6.07 Å². The molecule has 0 saturated carbocycles. The quantitative estimate of drug-likeness (QED) is 0.896. The smallest absolute Gasteiger partial charge is 0.122 e. The lowest BCUT2D eigenvalue weighted by Crippen LogP contribution is -2.13. The first-order valence-corrected chi connectivity index (χ1v) is 7.64. The van der Waals surface area contributed by atoms with Crippen LogP contribution in [0.1, 0.15) is 22.9 Å². The summed E-state index contributed by atoms with van der Waals surface area (Å²) in [7, 11) is 1.65. The lowest BCUT2D eigenvalue weighted by atomic mass is 10.0. The number of methoxy groups -OCH3 is 1. The number of aliphatic hydroxyl groups excluding tert-OH is 1. The molecular weight excluding hydrogens is 336 g/mol. The second-order valence-electron chi connectivity index (χ2n) is 4.96. The standard InChI is InChI=1S/C15H17BrN2O3/c1-20-7-5-18-14(12(16)9-17-18)15(19)11-2-3-13-10(8-11)4-6-21-13/h2-3,8-9,15,19H,4-7H2,1H3. The number of rotatable bonds is 5. The SMILES string of the molecule is COCCn1ncc(Br)c1C(O)c1ccc2c(c1)CCO2. The maximum absolute atomic E-state index is 10.7. The van der Waals surface area contributed by atoms with Crippen LogP contribution in [0.2, 0.25) is 0 Å². The largest absolute Gasteiger partial charge is 0.493 e. The molecular formula is C15H17BrN2O3. The van der Waals surface area contributed by atoms with Crippen molar-refractivity contribution in [3.63, 3.8) is 0 Å². The normalized spacial score (nSPS) is 14.8. The van der Waals surface area contributed by atoms with E-state index in [9.17, 15) is 5.11 Å². The van der Waals surface area contributed by atoms with Gasteiger partial charge in [-0.2, -0.15) is 5.10 Å². The predicted molar refractivity (Wildman–Crippen MR) is 81.5 cm³/mol. The molecule has 0 fully saturated rings. The van der Waals surface area contributed by atoms with E-state index < -0.39 is 6.10 Å². The van der Waals surface area contributed by atoms with Crippen LogP contribution in [0.3, 0.4) is 0 Å². The van der Waals surface area contributed by atoms with Crippen LogP contribution in [-0.2, 0) is 17.7 Å². The number of hydrogen-bond donors (Lipinski definition) is 1. The van der Waals surface area contributed by atoms with Crippen molar-refractivity contribution in [1.29, 1.82) is 0 Å². The molecule has 0 radical (unpaired) electrons. The molecule has 1 aliphatic rings. The third-order valence-electron chi connectivity index (χ3n) is 3.63. The minimum Gasteiger partial charge on any atom is -0.493 e. The first-order valence-electron chi connectivity index (χ1n) is 6.84. The monoisotopic (exact) mass is 352 g/mol. The first-order chi connectivity index (χ1) is 10.2. The number of aromatic nitrogens is 2. The number of aliphatic hydroxyl groups is 1. The number of halogens is 1. The van der Waals surface area contributed by atoms with Crippen molar-refractivity contribution >= 4 is 15.9 Å². The summed E-state index contributed by atoms with van der Waals surface area (Å²) in [6, 6.07) is 5.83. The van der Waals surface area contributed by atoms with Crippen molar-refractivity contribution in [3.05, 3.63) is 45.7 Å². The Hall–Kier alpha value is -1.37. The molecule has 1 aromatic heterocycles.